The zero-order valence-corrected chi connectivity index (χ0v) is 10.4. The fourth-order valence-corrected chi connectivity index (χ4v) is 1.23. The van der Waals surface area contributed by atoms with E-state index in [4.69, 9.17) is 34.8 Å². The van der Waals surface area contributed by atoms with Gasteiger partial charge in [-0.1, -0.05) is 47.4 Å². The molecular weight excluding hydrogens is 253 g/mol. The minimum Gasteiger partial charge on any atom is -0.326 e. The number of halogens is 3. The molecule has 0 fully saturated rings. The Kier molecular flexibility index (Phi) is 6.21. The molecule has 0 unspecified atom stereocenters. The number of nitrogens with zero attached hydrogens (tertiary/aromatic N) is 1. The third kappa shape index (κ3) is 5.01. The number of amides is 1. The second-order valence-electron chi connectivity index (χ2n) is 2.67. The standard InChI is InChI=1S/C7H10Cl3NOS/c1-4(2)11(7(12)13)3-5(8)6(9)10/h4H,3H2,1-2H3,(H,12,13). The molecule has 76 valence electrons. The summed E-state index contributed by atoms with van der Waals surface area (Å²) in [6.45, 7) is 3.88. The molecular formula is C7H10Cl3NOS. The zero-order valence-electron chi connectivity index (χ0n) is 7.22. The SMILES string of the molecule is CC(C)N(CC(Cl)=C(Cl)Cl)C(=O)S. The molecule has 0 aromatic heterocycles. The van der Waals surface area contributed by atoms with Gasteiger partial charge in [-0.25, -0.2) is 0 Å². The fraction of sp³-hybridized carbons (Fsp3) is 0.571. The van der Waals surface area contributed by atoms with Crippen molar-refractivity contribution in [2.45, 2.75) is 19.9 Å². The van der Waals surface area contributed by atoms with E-state index in [1.54, 1.807) is 0 Å². The lowest BCUT2D eigenvalue weighted by molar-refractivity contribution is 0.216. The Morgan fingerprint density at radius 3 is 2.08 bits per heavy atom. The normalized spacial score (nSPS) is 10.1. The van der Waals surface area contributed by atoms with Crippen LogP contribution < -0.4 is 0 Å². The van der Waals surface area contributed by atoms with Crippen LogP contribution in [-0.2, 0) is 0 Å². The Morgan fingerprint density at radius 1 is 1.38 bits per heavy atom. The molecule has 0 aliphatic rings. The lowest BCUT2D eigenvalue weighted by Crippen LogP contribution is -2.34. The molecule has 0 aliphatic carbocycles. The van der Waals surface area contributed by atoms with Gasteiger partial charge in [0.1, 0.15) is 4.49 Å². The van der Waals surface area contributed by atoms with Crippen molar-refractivity contribution in [2.75, 3.05) is 6.54 Å². The fourth-order valence-electron chi connectivity index (χ4n) is 0.680. The van der Waals surface area contributed by atoms with Crippen LogP contribution in [0.25, 0.3) is 0 Å². The summed E-state index contributed by atoms with van der Waals surface area (Å²) in [6, 6.07) is 0.00596. The van der Waals surface area contributed by atoms with Crippen LogP contribution >= 0.6 is 47.4 Å². The number of thiol groups is 1. The van der Waals surface area contributed by atoms with Gasteiger partial charge in [0.05, 0.1) is 11.6 Å². The largest absolute Gasteiger partial charge is 0.326 e. The minimum absolute atomic E-state index is 0.00596. The summed E-state index contributed by atoms with van der Waals surface area (Å²) in [6.07, 6.45) is 0. The monoisotopic (exact) mass is 261 g/mol. The van der Waals surface area contributed by atoms with E-state index in [-0.39, 0.29) is 27.3 Å². The van der Waals surface area contributed by atoms with E-state index in [9.17, 15) is 4.79 Å². The van der Waals surface area contributed by atoms with Crippen molar-refractivity contribution in [3.63, 3.8) is 0 Å². The summed E-state index contributed by atoms with van der Waals surface area (Å²) in [7, 11) is 0. The summed E-state index contributed by atoms with van der Waals surface area (Å²) >= 11 is 20.2. The second kappa shape index (κ2) is 6.02. The van der Waals surface area contributed by atoms with Crippen molar-refractivity contribution >= 4 is 52.7 Å². The summed E-state index contributed by atoms with van der Waals surface area (Å²) in [5, 5.41) is -0.123. The maximum atomic E-state index is 11.0. The van der Waals surface area contributed by atoms with Crippen LogP contribution in [0.1, 0.15) is 13.8 Å². The van der Waals surface area contributed by atoms with Crippen molar-refractivity contribution in [1.82, 2.24) is 4.90 Å². The molecule has 0 saturated carbocycles. The average molecular weight is 263 g/mol. The summed E-state index contributed by atoms with van der Waals surface area (Å²) in [5.41, 5.74) is 0. The molecule has 0 spiro atoms. The van der Waals surface area contributed by atoms with E-state index in [1.165, 1.54) is 4.90 Å². The lowest BCUT2D eigenvalue weighted by atomic mass is 10.3. The molecule has 0 aromatic rings. The number of hydrogen-bond acceptors (Lipinski definition) is 1. The number of carbonyl (C=O) groups is 1. The highest BCUT2D eigenvalue weighted by Crippen LogP contribution is 2.20. The third-order valence-electron chi connectivity index (χ3n) is 1.38. The van der Waals surface area contributed by atoms with Crippen molar-refractivity contribution in [3.05, 3.63) is 9.52 Å². The highest BCUT2D eigenvalue weighted by Gasteiger charge is 2.15. The maximum Gasteiger partial charge on any atom is 0.279 e. The predicted molar refractivity (Wildman–Crippen MR) is 60.8 cm³/mol. The van der Waals surface area contributed by atoms with Crippen LogP contribution in [0, 0.1) is 0 Å². The first-order valence-corrected chi connectivity index (χ1v) is 5.13. The molecule has 0 heterocycles. The predicted octanol–water partition coefficient (Wildman–Crippen LogP) is 3.63. The quantitative estimate of drug-likeness (QED) is 0.770. The topological polar surface area (TPSA) is 20.3 Å². The highest BCUT2D eigenvalue weighted by atomic mass is 35.5. The first-order chi connectivity index (χ1) is 5.86. The minimum atomic E-state index is -0.359. The third-order valence-corrected chi connectivity index (χ3v) is 2.60. The highest BCUT2D eigenvalue weighted by molar-refractivity contribution is 7.96. The van der Waals surface area contributed by atoms with Crippen molar-refractivity contribution in [1.29, 1.82) is 0 Å². The Bertz CT molecular complexity index is 226. The molecule has 0 atom stereocenters. The van der Waals surface area contributed by atoms with Gasteiger partial charge < -0.3 is 4.90 Å². The lowest BCUT2D eigenvalue weighted by Gasteiger charge is -2.24. The summed E-state index contributed by atoms with van der Waals surface area (Å²) in [4.78, 5) is 12.4. The van der Waals surface area contributed by atoms with Gasteiger partial charge in [0.25, 0.3) is 5.24 Å². The van der Waals surface area contributed by atoms with Crippen LogP contribution in [0.5, 0.6) is 0 Å². The van der Waals surface area contributed by atoms with Crippen LogP contribution in [0.2, 0.25) is 0 Å². The Hall–Kier alpha value is 0.430. The Labute approximate surface area is 98.2 Å². The molecule has 1 amide bonds. The number of rotatable bonds is 3. The molecule has 0 radical (unpaired) electrons. The molecule has 0 rings (SSSR count). The molecule has 0 bridgehead atoms. The molecule has 13 heavy (non-hydrogen) atoms. The zero-order chi connectivity index (χ0) is 10.6. The first-order valence-electron chi connectivity index (χ1n) is 3.55. The second-order valence-corrected chi connectivity index (χ2v) is 4.46. The smallest absolute Gasteiger partial charge is 0.279 e. The Balaban J connectivity index is 4.45. The van der Waals surface area contributed by atoms with E-state index < -0.39 is 0 Å². The molecule has 0 saturated heterocycles. The number of hydrogen-bond donors (Lipinski definition) is 1. The van der Waals surface area contributed by atoms with Gasteiger partial charge in [-0.15, -0.1) is 0 Å². The van der Waals surface area contributed by atoms with Gasteiger partial charge >= 0.3 is 0 Å². The average Bonchev–Trinajstić information content (AvgIpc) is 1.97. The van der Waals surface area contributed by atoms with Gasteiger partial charge in [0.15, 0.2) is 0 Å². The molecule has 0 N–H and O–H groups in total. The van der Waals surface area contributed by atoms with Gasteiger partial charge in [-0.2, -0.15) is 0 Å². The van der Waals surface area contributed by atoms with Crippen LogP contribution in [-0.4, -0.2) is 22.7 Å². The molecule has 2 nitrogen and oxygen atoms in total. The first kappa shape index (κ1) is 13.4. The van der Waals surface area contributed by atoms with Gasteiger partial charge in [0, 0.05) is 6.04 Å². The van der Waals surface area contributed by atoms with Gasteiger partial charge in [-0.05, 0) is 13.8 Å². The van der Waals surface area contributed by atoms with Crippen molar-refractivity contribution in [2.24, 2.45) is 0 Å². The van der Waals surface area contributed by atoms with Crippen LogP contribution in [0.3, 0.4) is 0 Å². The van der Waals surface area contributed by atoms with Crippen molar-refractivity contribution in [3.8, 4) is 0 Å². The van der Waals surface area contributed by atoms with E-state index >= 15 is 0 Å². The number of carbonyl (C=O) groups excluding carboxylic acids is 1. The molecule has 0 aliphatic heterocycles. The summed E-state index contributed by atoms with van der Waals surface area (Å²) < 4.78 is -0.0260. The van der Waals surface area contributed by atoms with E-state index in [2.05, 4.69) is 12.6 Å². The van der Waals surface area contributed by atoms with Crippen molar-refractivity contribution < 1.29 is 4.79 Å². The Morgan fingerprint density at radius 2 is 1.85 bits per heavy atom. The van der Waals surface area contributed by atoms with E-state index in [0.29, 0.717) is 0 Å². The van der Waals surface area contributed by atoms with Gasteiger partial charge in [0.2, 0.25) is 0 Å². The van der Waals surface area contributed by atoms with Crippen LogP contribution in [0.15, 0.2) is 9.52 Å². The molecule has 6 heteroatoms. The molecule has 0 aromatic carbocycles. The van der Waals surface area contributed by atoms with E-state index in [0.717, 1.165) is 0 Å². The summed E-state index contributed by atoms with van der Waals surface area (Å²) in [5.74, 6) is 0. The van der Waals surface area contributed by atoms with E-state index in [1.807, 2.05) is 13.8 Å². The van der Waals surface area contributed by atoms with Gasteiger partial charge in [-0.3, -0.25) is 4.79 Å². The maximum absolute atomic E-state index is 11.0. The van der Waals surface area contributed by atoms with Crippen LogP contribution in [0.4, 0.5) is 4.79 Å².